The zero-order valence-electron chi connectivity index (χ0n) is 20.3. The van der Waals surface area contributed by atoms with Crippen molar-refractivity contribution >= 4 is 35.1 Å². The SMILES string of the molecule is C=Cc1ccc(N2C(=O)[C@H]3[C@H](CC=C4[C@H](c5ccc(CO)o5)C5=C(C[C@H]43)C(=O)C=C(C)C5=O)C2=O)cc1. The minimum Gasteiger partial charge on any atom is -0.463 e. The Morgan fingerprint density at radius 3 is 2.49 bits per heavy atom. The van der Waals surface area contributed by atoms with Crippen molar-refractivity contribution < 1.29 is 28.7 Å². The Kier molecular flexibility index (Phi) is 5.35. The van der Waals surface area contributed by atoms with Crippen molar-refractivity contribution in [3.63, 3.8) is 0 Å². The zero-order chi connectivity index (χ0) is 26.0. The second-order valence-corrected chi connectivity index (χ2v) is 10.00. The van der Waals surface area contributed by atoms with E-state index in [1.54, 1.807) is 49.4 Å². The number of carbonyl (C=O) groups excluding carboxylic acids is 4. The average molecular weight is 496 g/mol. The van der Waals surface area contributed by atoms with Gasteiger partial charge < -0.3 is 9.52 Å². The molecule has 0 spiro atoms. The molecule has 1 N–H and O–H groups in total. The Balaban J connectivity index is 1.45. The van der Waals surface area contributed by atoms with E-state index in [9.17, 15) is 24.3 Å². The number of allylic oxidation sites excluding steroid dienone is 6. The monoisotopic (exact) mass is 495 g/mol. The predicted octanol–water partition coefficient (Wildman–Crippen LogP) is 4.05. The van der Waals surface area contributed by atoms with E-state index in [1.807, 2.05) is 6.08 Å². The third-order valence-electron chi connectivity index (χ3n) is 8.07. The summed E-state index contributed by atoms with van der Waals surface area (Å²) in [5, 5.41) is 9.56. The van der Waals surface area contributed by atoms with E-state index in [2.05, 4.69) is 6.58 Å². The summed E-state index contributed by atoms with van der Waals surface area (Å²) in [5.74, 6) is -2.51. The first-order valence-electron chi connectivity index (χ1n) is 12.3. The minimum atomic E-state index is -0.654. The van der Waals surface area contributed by atoms with Crippen LogP contribution >= 0.6 is 0 Å². The number of anilines is 1. The van der Waals surface area contributed by atoms with Crippen LogP contribution in [0.5, 0.6) is 0 Å². The third kappa shape index (κ3) is 3.38. The van der Waals surface area contributed by atoms with Gasteiger partial charge in [0.1, 0.15) is 18.1 Å². The molecule has 37 heavy (non-hydrogen) atoms. The van der Waals surface area contributed by atoms with Gasteiger partial charge in [-0.05, 0) is 61.6 Å². The lowest BCUT2D eigenvalue weighted by Gasteiger charge is -2.41. The number of nitrogens with zero attached hydrogens (tertiary/aromatic N) is 1. The van der Waals surface area contributed by atoms with E-state index in [0.29, 0.717) is 40.3 Å². The summed E-state index contributed by atoms with van der Waals surface area (Å²) in [4.78, 5) is 55.0. The number of Topliss-reactive ketones (excluding diaryl/α,β-unsaturated/α-hetero) is 1. The summed E-state index contributed by atoms with van der Waals surface area (Å²) in [6.45, 7) is 5.06. The van der Waals surface area contributed by atoms with Crippen LogP contribution in [0.1, 0.15) is 42.8 Å². The lowest BCUT2D eigenvalue weighted by molar-refractivity contribution is -0.123. The summed E-state index contributed by atoms with van der Waals surface area (Å²) in [6.07, 6.45) is 5.55. The Hall–Kier alpha value is -4.10. The molecule has 4 atom stereocenters. The summed E-state index contributed by atoms with van der Waals surface area (Å²) >= 11 is 0. The normalized spacial score (nSPS) is 27.0. The molecule has 1 aromatic heterocycles. The van der Waals surface area contributed by atoms with Crippen molar-refractivity contribution in [1.82, 2.24) is 0 Å². The summed E-state index contributed by atoms with van der Waals surface area (Å²) in [6, 6.07) is 10.4. The highest BCUT2D eigenvalue weighted by atomic mass is 16.4. The van der Waals surface area contributed by atoms with E-state index in [0.717, 1.165) is 11.1 Å². The largest absolute Gasteiger partial charge is 0.463 e. The van der Waals surface area contributed by atoms with Crippen molar-refractivity contribution in [2.75, 3.05) is 4.90 Å². The summed E-state index contributed by atoms with van der Waals surface area (Å²) in [7, 11) is 0. The number of imide groups is 1. The van der Waals surface area contributed by atoms with Crippen LogP contribution < -0.4 is 4.90 Å². The highest BCUT2D eigenvalue weighted by Crippen LogP contribution is 2.55. The van der Waals surface area contributed by atoms with Gasteiger partial charge in [0, 0.05) is 16.7 Å². The molecule has 4 aliphatic rings. The lowest BCUT2D eigenvalue weighted by Crippen LogP contribution is -2.39. The molecule has 2 amide bonds. The van der Waals surface area contributed by atoms with E-state index in [1.165, 1.54) is 11.0 Å². The topological polar surface area (TPSA) is 105 Å². The van der Waals surface area contributed by atoms with Crippen molar-refractivity contribution in [2.45, 2.75) is 32.3 Å². The maximum absolute atomic E-state index is 13.8. The molecular formula is C30H25NO6. The van der Waals surface area contributed by atoms with Gasteiger partial charge in [-0.2, -0.15) is 0 Å². The van der Waals surface area contributed by atoms with E-state index in [4.69, 9.17) is 4.42 Å². The molecule has 1 fully saturated rings. The van der Waals surface area contributed by atoms with E-state index in [-0.39, 0.29) is 36.4 Å². The van der Waals surface area contributed by atoms with Crippen molar-refractivity contribution in [3.05, 3.63) is 94.5 Å². The highest BCUT2D eigenvalue weighted by molar-refractivity contribution is 6.25. The quantitative estimate of drug-likeness (QED) is 0.390. The fourth-order valence-corrected chi connectivity index (χ4v) is 6.34. The Labute approximate surface area is 213 Å². The third-order valence-corrected chi connectivity index (χ3v) is 8.07. The number of fused-ring (bicyclic) bond motifs is 3. The first-order valence-corrected chi connectivity index (χ1v) is 12.3. The fraction of sp³-hybridized carbons (Fsp3) is 0.267. The number of rotatable bonds is 4. The number of amides is 2. The molecule has 0 radical (unpaired) electrons. The highest BCUT2D eigenvalue weighted by Gasteiger charge is 2.57. The van der Waals surface area contributed by atoms with Crippen molar-refractivity contribution in [1.29, 1.82) is 0 Å². The van der Waals surface area contributed by atoms with Gasteiger partial charge in [-0.1, -0.05) is 36.4 Å². The van der Waals surface area contributed by atoms with Gasteiger partial charge in [0.15, 0.2) is 11.6 Å². The van der Waals surface area contributed by atoms with Crippen LogP contribution in [0.2, 0.25) is 0 Å². The number of ketones is 2. The number of carbonyl (C=O) groups is 4. The lowest BCUT2D eigenvalue weighted by atomic mass is 9.60. The van der Waals surface area contributed by atoms with Gasteiger partial charge in [0.05, 0.1) is 23.4 Å². The second-order valence-electron chi connectivity index (χ2n) is 10.00. The maximum atomic E-state index is 13.8. The van der Waals surface area contributed by atoms with Gasteiger partial charge in [0.25, 0.3) is 0 Å². The van der Waals surface area contributed by atoms with Crippen LogP contribution in [0.25, 0.3) is 6.08 Å². The van der Waals surface area contributed by atoms with Gasteiger partial charge in [0.2, 0.25) is 11.8 Å². The fourth-order valence-electron chi connectivity index (χ4n) is 6.34. The number of furan rings is 1. The van der Waals surface area contributed by atoms with Crippen molar-refractivity contribution in [2.24, 2.45) is 17.8 Å². The molecule has 6 rings (SSSR count). The molecule has 0 bridgehead atoms. The number of hydrogen-bond donors (Lipinski definition) is 1. The molecule has 2 aromatic rings. The van der Waals surface area contributed by atoms with E-state index >= 15 is 0 Å². The second kappa shape index (κ2) is 8.49. The van der Waals surface area contributed by atoms with Gasteiger partial charge in [-0.15, -0.1) is 0 Å². The standard InChI is InChI=1S/C30H25NO6/c1-3-16-4-6-17(7-5-16)31-29(35)20-10-9-19-21(25(20)30(31)36)13-22-23(33)12-15(2)28(34)27(22)26(19)24-11-8-18(14-32)37-24/h3-9,11-12,20-21,25-26,32H,1,10,13-14H2,2H3/t20-,21+,25-,26+/m0/s1. The van der Waals surface area contributed by atoms with Gasteiger partial charge >= 0.3 is 0 Å². The van der Waals surface area contributed by atoms with Crippen LogP contribution in [-0.4, -0.2) is 28.5 Å². The van der Waals surface area contributed by atoms with Crippen LogP contribution in [0.4, 0.5) is 5.69 Å². The number of hydrogen-bond acceptors (Lipinski definition) is 6. The van der Waals surface area contributed by atoms with Crippen molar-refractivity contribution in [3.8, 4) is 0 Å². The van der Waals surface area contributed by atoms with Crippen LogP contribution in [0.3, 0.4) is 0 Å². The predicted molar refractivity (Wildman–Crippen MR) is 135 cm³/mol. The van der Waals surface area contributed by atoms with Crippen LogP contribution in [-0.2, 0) is 25.8 Å². The van der Waals surface area contributed by atoms with Crippen LogP contribution in [0, 0.1) is 17.8 Å². The average Bonchev–Trinajstić information content (AvgIpc) is 3.48. The van der Waals surface area contributed by atoms with Gasteiger partial charge in [-0.3, -0.25) is 24.1 Å². The van der Waals surface area contributed by atoms with Gasteiger partial charge in [-0.25, -0.2) is 0 Å². The first kappa shape index (κ1) is 23.3. The molecule has 3 aliphatic carbocycles. The molecule has 1 saturated heterocycles. The van der Waals surface area contributed by atoms with Crippen LogP contribution in [0.15, 0.2) is 81.8 Å². The molecule has 7 nitrogen and oxygen atoms in total. The molecule has 1 aromatic carbocycles. The number of aliphatic hydroxyl groups excluding tert-OH is 1. The van der Waals surface area contributed by atoms with E-state index < -0.39 is 23.7 Å². The molecule has 1 aliphatic heterocycles. The number of benzene rings is 1. The molecular weight excluding hydrogens is 470 g/mol. The molecule has 0 saturated carbocycles. The molecule has 7 heteroatoms. The summed E-state index contributed by atoms with van der Waals surface area (Å²) < 4.78 is 5.88. The smallest absolute Gasteiger partial charge is 0.238 e. The minimum absolute atomic E-state index is 0.211. The zero-order valence-corrected chi connectivity index (χ0v) is 20.3. The molecule has 2 heterocycles. The Morgan fingerprint density at radius 1 is 1.05 bits per heavy atom. The maximum Gasteiger partial charge on any atom is 0.238 e. The molecule has 186 valence electrons. The number of aliphatic hydroxyl groups is 1. The first-order chi connectivity index (χ1) is 17.8. The molecule has 0 unspecified atom stereocenters. The Bertz CT molecular complexity index is 1480. The summed E-state index contributed by atoms with van der Waals surface area (Å²) in [5.41, 5.74) is 3.31. The Morgan fingerprint density at radius 2 is 1.81 bits per heavy atom.